The SMILES string of the molecule is Br.CCCCCCCCCCCCCCN1C=CC=CC1. The molecule has 0 fully saturated rings. The van der Waals surface area contributed by atoms with E-state index in [9.17, 15) is 0 Å². The Morgan fingerprint density at radius 2 is 1.24 bits per heavy atom. The zero-order valence-corrected chi connectivity index (χ0v) is 15.8. The van der Waals surface area contributed by atoms with E-state index in [0.29, 0.717) is 0 Å². The minimum absolute atomic E-state index is 0. The monoisotopic (exact) mass is 357 g/mol. The second-order valence-corrected chi connectivity index (χ2v) is 6.15. The number of hydrogen-bond donors (Lipinski definition) is 0. The first kappa shape index (κ1) is 20.8. The van der Waals surface area contributed by atoms with Gasteiger partial charge >= 0.3 is 0 Å². The van der Waals surface area contributed by atoms with Gasteiger partial charge in [0.15, 0.2) is 0 Å². The van der Waals surface area contributed by atoms with E-state index in [1.165, 1.54) is 83.6 Å². The second-order valence-electron chi connectivity index (χ2n) is 6.15. The first-order valence-corrected chi connectivity index (χ1v) is 9.01. The summed E-state index contributed by atoms with van der Waals surface area (Å²) in [7, 11) is 0. The normalized spacial score (nSPS) is 13.5. The van der Waals surface area contributed by atoms with Crippen molar-refractivity contribution in [2.24, 2.45) is 0 Å². The molecule has 0 atom stereocenters. The van der Waals surface area contributed by atoms with Gasteiger partial charge in [0.1, 0.15) is 0 Å². The van der Waals surface area contributed by atoms with Gasteiger partial charge in [-0.15, -0.1) is 17.0 Å². The third kappa shape index (κ3) is 13.2. The van der Waals surface area contributed by atoms with Crippen LogP contribution in [0.2, 0.25) is 0 Å². The summed E-state index contributed by atoms with van der Waals surface area (Å²) in [5.41, 5.74) is 0. The van der Waals surface area contributed by atoms with Crippen molar-refractivity contribution in [2.45, 2.75) is 84.0 Å². The van der Waals surface area contributed by atoms with Crippen molar-refractivity contribution >= 4 is 17.0 Å². The Kier molecular flexibility index (Phi) is 16.0. The van der Waals surface area contributed by atoms with E-state index in [1.807, 2.05) is 0 Å². The van der Waals surface area contributed by atoms with E-state index in [1.54, 1.807) is 0 Å². The summed E-state index contributed by atoms with van der Waals surface area (Å²) in [6.07, 6.45) is 26.0. The van der Waals surface area contributed by atoms with Crippen LogP contribution in [0.3, 0.4) is 0 Å². The molecule has 0 aromatic heterocycles. The van der Waals surface area contributed by atoms with Crippen LogP contribution in [-0.4, -0.2) is 18.0 Å². The average molecular weight is 358 g/mol. The van der Waals surface area contributed by atoms with E-state index in [4.69, 9.17) is 0 Å². The Labute approximate surface area is 143 Å². The van der Waals surface area contributed by atoms with Crippen molar-refractivity contribution in [2.75, 3.05) is 13.1 Å². The average Bonchev–Trinajstić information content (AvgIpc) is 2.49. The summed E-state index contributed by atoms with van der Waals surface area (Å²) >= 11 is 0. The molecule has 1 rings (SSSR count). The Bertz CT molecular complexity index is 260. The Morgan fingerprint density at radius 3 is 1.71 bits per heavy atom. The first-order chi connectivity index (χ1) is 9.93. The summed E-state index contributed by atoms with van der Waals surface area (Å²) < 4.78 is 0. The van der Waals surface area contributed by atoms with Gasteiger partial charge in [-0.25, -0.2) is 0 Å². The summed E-state index contributed by atoms with van der Waals surface area (Å²) in [6, 6.07) is 0. The van der Waals surface area contributed by atoms with Crippen LogP contribution in [0.15, 0.2) is 24.4 Å². The highest BCUT2D eigenvalue weighted by Crippen LogP contribution is 2.12. The quantitative estimate of drug-likeness (QED) is 0.333. The van der Waals surface area contributed by atoms with Gasteiger partial charge in [0, 0.05) is 13.1 Å². The topological polar surface area (TPSA) is 3.24 Å². The molecule has 2 heteroatoms. The molecule has 0 saturated carbocycles. The van der Waals surface area contributed by atoms with Crippen molar-refractivity contribution in [1.82, 2.24) is 4.90 Å². The molecule has 1 nitrogen and oxygen atoms in total. The molecule has 0 aromatic rings. The fraction of sp³-hybridized carbons (Fsp3) is 0.789. The minimum Gasteiger partial charge on any atom is -0.374 e. The predicted molar refractivity (Wildman–Crippen MR) is 101 cm³/mol. The highest BCUT2D eigenvalue weighted by atomic mass is 79.9. The van der Waals surface area contributed by atoms with Crippen molar-refractivity contribution in [3.05, 3.63) is 24.4 Å². The fourth-order valence-corrected chi connectivity index (χ4v) is 2.83. The molecule has 0 aliphatic carbocycles. The molecule has 1 aliphatic heterocycles. The lowest BCUT2D eigenvalue weighted by Gasteiger charge is -2.20. The molecule has 21 heavy (non-hydrogen) atoms. The molecule has 0 radical (unpaired) electrons. The van der Waals surface area contributed by atoms with Crippen LogP contribution >= 0.6 is 17.0 Å². The van der Waals surface area contributed by atoms with Gasteiger partial charge in [0.25, 0.3) is 0 Å². The van der Waals surface area contributed by atoms with E-state index in [-0.39, 0.29) is 17.0 Å². The predicted octanol–water partition coefficient (Wildman–Crippen LogP) is 6.65. The van der Waals surface area contributed by atoms with Crippen LogP contribution in [0.4, 0.5) is 0 Å². The molecular weight excluding hydrogens is 322 g/mol. The molecule has 124 valence electrons. The molecule has 1 aliphatic rings. The number of halogens is 1. The van der Waals surface area contributed by atoms with Crippen LogP contribution in [0.25, 0.3) is 0 Å². The highest BCUT2D eigenvalue weighted by Gasteiger charge is 1.99. The maximum Gasteiger partial charge on any atom is 0.0357 e. The van der Waals surface area contributed by atoms with Crippen molar-refractivity contribution in [1.29, 1.82) is 0 Å². The summed E-state index contributed by atoms with van der Waals surface area (Å²) in [6.45, 7) is 4.63. The van der Waals surface area contributed by atoms with Gasteiger partial charge in [-0.2, -0.15) is 0 Å². The van der Waals surface area contributed by atoms with Crippen LogP contribution in [0, 0.1) is 0 Å². The number of allylic oxidation sites excluding steroid dienone is 2. The molecule has 0 saturated heterocycles. The van der Waals surface area contributed by atoms with Crippen molar-refractivity contribution in [3.63, 3.8) is 0 Å². The van der Waals surface area contributed by atoms with Crippen molar-refractivity contribution in [3.8, 4) is 0 Å². The molecular formula is C19H36BrN. The molecule has 0 aromatic carbocycles. The van der Waals surface area contributed by atoms with E-state index >= 15 is 0 Å². The molecule has 0 amide bonds. The Hall–Kier alpha value is -0.240. The highest BCUT2D eigenvalue weighted by molar-refractivity contribution is 8.93. The molecule has 0 bridgehead atoms. The van der Waals surface area contributed by atoms with E-state index in [2.05, 4.69) is 36.3 Å². The van der Waals surface area contributed by atoms with Crippen LogP contribution in [0.1, 0.15) is 84.0 Å². The van der Waals surface area contributed by atoms with Gasteiger partial charge in [0.05, 0.1) is 0 Å². The first-order valence-electron chi connectivity index (χ1n) is 9.01. The standard InChI is InChI=1S/C19H35N.BrH/c1-2-3-4-5-6-7-8-9-10-11-12-14-17-20-18-15-13-16-19-20;/h13,15-16,18H,2-12,14,17,19H2,1H3;1H. The van der Waals surface area contributed by atoms with Crippen LogP contribution < -0.4 is 0 Å². The number of unbranched alkanes of at least 4 members (excludes halogenated alkanes) is 11. The fourth-order valence-electron chi connectivity index (χ4n) is 2.83. The van der Waals surface area contributed by atoms with Crippen LogP contribution in [-0.2, 0) is 0 Å². The van der Waals surface area contributed by atoms with Crippen LogP contribution in [0.5, 0.6) is 0 Å². The summed E-state index contributed by atoms with van der Waals surface area (Å²) in [5.74, 6) is 0. The Balaban J connectivity index is 0.00000400. The zero-order valence-electron chi connectivity index (χ0n) is 14.1. The second kappa shape index (κ2) is 16.1. The maximum absolute atomic E-state index is 2.41. The van der Waals surface area contributed by atoms with Gasteiger partial charge in [-0.1, -0.05) is 89.7 Å². The Morgan fingerprint density at radius 1 is 0.714 bits per heavy atom. The smallest absolute Gasteiger partial charge is 0.0357 e. The van der Waals surface area contributed by atoms with Crippen molar-refractivity contribution < 1.29 is 0 Å². The lowest BCUT2D eigenvalue weighted by atomic mass is 10.1. The third-order valence-electron chi connectivity index (χ3n) is 4.18. The number of rotatable bonds is 13. The molecule has 1 heterocycles. The minimum atomic E-state index is 0. The van der Waals surface area contributed by atoms with E-state index < -0.39 is 0 Å². The summed E-state index contributed by atoms with van der Waals surface area (Å²) in [4.78, 5) is 2.41. The zero-order chi connectivity index (χ0) is 14.3. The van der Waals surface area contributed by atoms with Gasteiger partial charge in [-0.05, 0) is 18.7 Å². The van der Waals surface area contributed by atoms with Gasteiger partial charge in [0.2, 0.25) is 0 Å². The lowest BCUT2D eigenvalue weighted by molar-refractivity contribution is 0.392. The maximum atomic E-state index is 2.41. The third-order valence-corrected chi connectivity index (χ3v) is 4.18. The largest absolute Gasteiger partial charge is 0.374 e. The van der Waals surface area contributed by atoms with E-state index in [0.717, 1.165) is 6.54 Å². The summed E-state index contributed by atoms with van der Waals surface area (Å²) in [5, 5.41) is 0. The van der Waals surface area contributed by atoms with Gasteiger partial charge in [-0.3, -0.25) is 0 Å². The lowest BCUT2D eigenvalue weighted by Crippen LogP contribution is -2.19. The molecule has 0 N–H and O–H groups in total. The number of nitrogens with zero attached hydrogens (tertiary/aromatic N) is 1. The van der Waals surface area contributed by atoms with Gasteiger partial charge < -0.3 is 4.90 Å². The molecule has 0 spiro atoms. The molecule has 0 unspecified atom stereocenters. The number of hydrogen-bond acceptors (Lipinski definition) is 1.